The summed E-state index contributed by atoms with van der Waals surface area (Å²) < 4.78 is 5.89. The lowest BCUT2D eigenvalue weighted by Gasteiger charge is -2.23. The van der Waals surface area contributed by atoms with E-state index in [1.807, 2.05) is 42.5 Å². The van der Waals surface area contributed by atoms with Crippen molar-refractivity contribution in [2.24, 2.45) is 0 Å². The number of likely N-dealkylation sites (N-methyl/N-ethyl adjacent to an activating group) is 1. The number of benzene rings is 2. The van der Waals surface area contributed by atoms with E-state index in [2.05, 4.69) is 36.7 Å². The summed E-state index contributed by atoms with van der Waals surface area (Å²) in [4.78, 5) is 7.05. The lowest BCUT2D eigenvalue weighted by Crippen LogP contribution is -2.32. The van der Waals surface area contributed by atoms with E-state index in [9.17, 15) is 0 Å². The van der Waals surface area contributed by atoms with Gasteiger partial charge in [-0.2, -0.15) is 5.26 Å². The Hall–Kier alpha value is -2.64. The first-order valence-corrected chi connectivity index (χ1v) is 8.74. The third-order valence-electron chi connectivity index (χ3n) is 4.53. The molecule has 0 bridgehead atoms. The van der Waals surface area contributed by atoms with Crippen LogP contribution in [0.4, 0.5) is 0 Å². The number of oxazole rings is 1. The molecule has 1 aromatic heterocycles. The van der Waals surface area contributed by atoms with Gasteiger partial charge in [-0.05, 0) is 55.8 Å². The number of nitrogens with zero attached hydrogens (tertiary/aromatic N) is 3. The van der Waals surface area contributed by atoms with Crippen LogP contribution in [0.5, 0.6) is 0 Å². The van der Waals surface area contributed by atoms with Crippen molar-refractivity contribution in [3.63, 3.8) is 0 Å². The molecule has 3 rings (SSSR count). The lowest BCUT2D eigenvalue weighted by atomic mass is 10.0. The Morgan fingerprint density at radius 1 is 1.12 bits per heavy atom. The van der Waals surface area contributed by atoms with Crippen LogP contribution < -0.4 is 0 Å². The summed E-state index contributed by atoms with van der Waals surface area (Å²) in [6, 6.07) is 16.3. The number of nitriles is 1. The normalized spacial score (nSPS) is 11.4. The SMILES string of the molecule is CCN(CCc1nc2cc(-c3ccc(C#N)cc3)ccc2o1)C(C)C. The van der Waals surface area contributed by atoms with Gasteiger partial charge in [0.1, 0.15) is 5.52 Å². The zero-order valence-corrected chi connectivity index (χ0v) is 15.0. The summed E-state index contributed by atoms with van der Waals surface area (Å²) in [7, 11) is 0. The molecule has 0 atom stereocenters. The van der Waals surface area contributed by atoms with E-state index in [0.717, 1.165) is 47.6 Å². The van der Waals surface area contributed by atoms with Gasteiger partial charge in [0.15, 0.2) is 11.5 Å². The molecular formula is C21H23N3O. The maximum absolute atomic E-state index is 8.91. The van der Waals surface area contributed by atoms with Crippen molar-refractivity contribution in [1.82, 2.24) is 9.88 Å². The summed E-state index contributed by atoms with van der Waals surface area (Å²) in [5.41, 5.74) is 4.51. The Labute approximate surface area is 148 Å². The van der Waals surface area contributed by atoms with Crippen LogP contribution in [0.1, 0.15) is 32.2 Å². The van der Waals surface area contributed by atoms with Gasteiger partial charge in [-0.3, -0.25) is 0 Å². The van der Waals surface area contributed by atoms with Crippen LogP contribution in [0.3, 0.4) is 0 Å². The molecular weight excluding hydrogens is 310 g/mol. The lowest BCUT2D eigenvalue weighted by molar-refractivity contribution is 0.231. The smallest absolute Gasteiger partial charge is 0.196 e. The molecule has 2 aromatic carbocycles. The Morgan fingerprint density at radius 3 is 2.48 bits per heavy atom. The summed E-state index contributed by atoms with van der Waals surface area (Å²) in [5, 5.41) is 8.91. The maximum atomic E-state index is 8.91. The van der Waals surface area contributed by atoms with E-state index in [1.54, 1.807) is 0 Å². The average Bonchev–Trinajstić information content (AvgIpc) is 3.04. The second-order valence-corrected chi connectivity index (χ2v) is 6.45. The largest absolute Gasteiger partial charge is 0.441 e. The van der Waals surface area contributed by atoms with Gasteiger partial charge in [-0.15, -0.1) is 0 Å². The molecule has 3 aromatic rings. The molecule has 4 heteroatoms. The summed E-state index contributed by atoms with van der Waals surface area (Å²) >= 11 is 0. The molecule has 0 radical (unpaired) electrons. The van der Waals surface area contributed by atoms with Crippen LogP contribution in [0.25, 0.3) is 22.2 Å². The minimum atomic E-state index is 0.525. The van der Waals surface area contributed by atoms with Crippen molar-refractivity contribution in [2.75, 3.05) is 13.1 Å². The topological polar surface area (TPSA) is 53.1 Å². The van der Waals surface area contributed by atoms with E-state index in [0.29, 0.717) is 11.6 Å². The molecule has 0 fully saturated rings. The van der Waals surface area contributed by atoms with Gasteiger partial charge in [-0.25, -0.2) is 4.98 Å². The first kappa shape index (κ1) is 17.2. The van der Waals surface area contributed by atoms with Crippen LogP contribution in [0, 0.1) is 11.3 Å². The number of hydrogen-bond acceptors (Lipinski definition) is 4. The molecule has 128 valence electrons. The van der Waals surface area contributed by atoms with Gasteiger partial charge < -0.3 is 9.32 Å². The number of rotatable bonds is 6. The Morgan fingerprint density at radius 2 is 1.84 bits per heavy atom. The molecule has 0 aliphatic rings. The first-order chi connectivity index (χ1) is 12.1. The van der Waals surface area contributed by atoms with E-state index < -0.39 is 0 Å². The fourth-order valence-electron chi connectivity index (χ4n) is 3.02. The van der Waals surface area contributed by atoms with Crippen molar-refractivity contribution < 1.29 is 4.42 Å². The minimum absolute atomic E-state index is 0.525. The van der Waals surface area contributed by atoms with Crippen LogP contribution in [-0.4, -0.2) is 29.0 Å². The van der Waals surface area contributed by atoms with E-state index in [-0.39, 0.29) is 0 Å². The van der Waals surface area contributed by atoms with Gasteiger partial charge in [0.05, 0.1) is 11.6 Å². The van der Waals surface area contributed by atoms with Gasteiger partial charge in [0.2, 0.25) is 0 Å². The zero-order valence-electron chi connectivity index (χ0n) is 15.0. The van der Waals surface area contributed by atoms with Crippen LogP contribution in [0.2, 0.25) is 0 Å². The Bertz CT molecular complexity index is 888. The van der Waals surface area contributed by atoms with Gasteiger partial charge >= 0.3 is 0 Å². The van der Waals surface area contributed by atoms with Crippen LogP contribution in [-0.2, 0) is 6.42 Å². The highest BCUT2D eigenvalue weighted by Gasteiger charge is 2.11. The third-order valence-corrected chi connectivity index (χ3v) is 4.53. The number of hydrogen-bond donors (Lipinski definition) is 0. The molecule has 0 aliphatic carbocycles. The van der Waals surface area contributed by atoms with E-state index >= 15 is 0 Å². The van der Waals surface area contributed by atoms with Crippen molar-refractivity contribution >= 4 is 11.1 Å². The fourth-order valence-corrected chi connectivity index (χ4v) is 3.02. The molecule has 0 spiro atoms. The third kappa shape index (κ3) is 3.89. The highest BCUT2D eigenvalue weighted by atomic mass is 16.3. The Kier molecular flexibility index (Phi) is 5.16. The summed E-state index contributed by atoms with van der Waals surface area (Å²) in [6.07, 6.45) is 0.812. The zero-order chi connectivity index (χ0) is 17.8. The highest BCUT2D eigenvalue weighted by molar-refractivity contribution is 5.80. The second-order valence-electron chi connectivity index (χ2n) is 6.45. The number of aromatic nitrogens is 1. The van der Waals surface area contributed by atoms with Crippen LogP contribution >= 0.6 is 0 Å². The molecule has 4 nitrogen and oxygen atoms in total. The van der Waals surface area contributed by atoms with Gasteiger partial charge in [0, 0.05) is 19.0 Å². The predicted octanol–water partition coefficient (Wildman–Crippen LogP) is 4.64. The van der Waals surface area contributed by atoms with Gasteiger partial charge in [0.25, 0.3) is 0 Å². The molecule has 1 heterocycles. The minimum Gasteiger partial charge on any atom is -0.441 e. The first-order valence-electron chi connectivity index (χ1n) is 8.74. The van der Waals surface area contributed by atoms with Crippen molar-refractivity contribution in [2.45, 2.75) is 33.2 Å². The summed E-state index contributed by atoms with van der Waals surface area (Å²) in [6.45, 7) is 8.57. The average molecular weight is 333 g/mol. The van der Waals surface area contributed by atoms with Crippen molar-refractivity contribution in [1.29, 1.82) is 5.26 Å². The van der Waals surface area contributed by atoms with Crippen molar-refractivity contribution in [3.8, 4) is 17.2 Å². The molecule has 0 saturated heterocycles. The molecule has 0 aliphatic heterocycles. The quantitative estimate of drug-likeness (QED) is 0.659. The van der Waals surface area contributed by atoms with E-state index in [1.165, 1.54) is 0 Å². The van der Waals surface area contributed by atoms with E-state index in [4.69, 9.17) is 9.68 Å². The molecule has 0 amide bonds. The summed E-state index contributed by atoms with van der Waals surface area (Å²) in [5.74, 6) is 0.783. The van der Waals surface area contributed by atoms with Crippen LogP contribution in [0.15, 0.2) is 46.9 Å². The fraction of sp³-hybridized carbons (Fsp3) is 0.333. The predicted molar refractivity (Wildman–Crippen MR) is 100 cm³/mol. The maximum Gasteiger partial charge on any atom is 0.196 e. The second kappa shape index (κ2) is 7.50. The molecule has 0 N–H and O–H groups in total. The molecule has 0 unspecified atom stereocenters. The molecule has 25 heavy (non-hydrogen) atoms. The van der Waals surface area contributed by atoms with Gasteiger partial charge in [-0.1, -0.05) is 25.1 Å². The standard InChI is InChI=1S/C21H23N3O/c1-4-24(15(2)3)12-11-21-23-19-13-18(9-10-20(19)25-21)17-7-5-16(14-22)6-8-17/h5-10,13,15H,4,11-12H2,1-3H3. The number of fused-ring (bicyclic) bond motifs is 1. The Balaban J connectivity index is 1.80. The highest BCUT2D eigenvalue weighted by Crippen LogP contribution is 2.25. The monoisotopic (exact) mass is 333 g/mol. The molecule has 0 saturated carbocycles. The van der Waals surface area contributed by atoms with Crippen molar-refractivity contribution in [3.05, 3.63) is 53.9 Å².